The predicted molar refractivity (Wildman–Crippen MR) is 63.2 cm³/mol. The normalized spacial score (nSPS) is 22.7. The van der Waals surface area contributed by atoms with Crippen LogP contribution in [0.4, 0.5) is 0 Å². The van der Waals surface area contributed by atoms with Crippen LogP contribution in [0.2, 0.25) is 0 Å². The molecular weight excluding hydrogens is 232 g/mol. The number of rotatable bonds is 2. The van der Waals surface area contributed by atoms with Gasteiger partial charge in [-0.1, -0.05) is 6.07 Å². The number of hydrogen-bond acceptors (Lipinski definition) is 5. The van der Waals surface area contributed by atoms with Gasteiger partial charge in [0, 0.05) is 13.1 Å². The maximum Gasteiger partial charge on any atom is 0.231 e. The zero-order chi connectivity index (χ0) is 12.4. The minimum Gasteiger partial charge on any atom is -0.454 e. The minimum absolute atomic E-state index is 0.163. The first kappa shape index (κ1) is 11.3. The van der Waals surface area contributed by atoms with Gasteiger partial charge in [-0.25, -0.2) is 0 Å². The van der Waals surface area contributed by atoms with Crippen LogP contribution in [0, 0.1) is 11.3 Å². The molecule has 0 bridgehead atoms. The van der Waals surface area contributed by atoms with Crippen LogP contribution in [-0.4, -0.2) is 37.5 Å². The summed E-state index contributed by atoms with van der Waals surface area (Å²) in [5.41, 5.74) is 1.13. The number of fused-ring (bicyclic) bond motifs is 1. The molecule has 1 saturated heterocycles. The molecule has 1 unspecified atom stereocenters. The molecule has 18 heavy (non-hydrogen) atoms. The van der Waals surface area contributed by atoms with Crippen molar-refractivity contribution in [1.29, 1.82) is 5.26 Å². The highest BCUT2D eigenvalue weighted by Gasteiger charge is 2.23. The van der Waals surface area contributed by atoms with E-state index in [9.17, 15) is 0 Å². The monoisotopic (exact) mass is 246 g/mol. The SMILES string of the molecule is N#CC1COCCN1Cc1ccc2c(c1)OCO2. The molecule has 5 nitrogen and oxygen atoms in total. The second-order valence-electron chi connectivity index (χ2n) is 4.38. The van der Waals surface area contributed by atoms with Gasteiger partial charge < -0.3 is 14.2 Å². The van der Waals surface area contributed by atoms with E-state index in [0.717, 1.165) is 30.2 Å². The van der Waals surface area contributed by atoms with Crippen molar-refractivity contribution in [2.75, 3.05) is 26.6 Å². The van der Waals surface area contributed by atoms with Crippen LogP contribution < -0.4 is 9.47 Å². The summed E-state index contributed by atoms with van der Waals surface area (Å²) in [4.78, 5) is 2.13. The van der Waals surface area contributed by atoms with E-state index >= 15 is 0 Å². The van der Waals surface area contributed by atoms with Crippen LogP contribution in [0.1, 0.15) is 5.56 Å². The van der Waals surface area contributed by atoms with E-state index in [4.69, 9.17) is 19.5 Å². The zero-order valence-corrected chi connectivity index (χ0v) is 9.96. The summed E-state index contributed by atoms with van der Waals surface area (Å²) in [5, 5.41) is 9.08. The van der Waals surface area contributed by atoms with Gasteiger partial charge in [0.2, 0.25) is 6.79 Å². The van der Waals surface area contributed by atoms with Crippen LogP contribution in [0.3, 0.4) is 0 Å². The van der Waals surface area contributed by atoms with Crippen molar-refractivity contribution in [3.63, 3.8) is 0 Å². The first-order valence-corrected chi connectivity index (χ1v) is 5.97. The van der Waals surface area contributed by atoms with Crippen molar-refractivity contribution in [3.05, 3.63) is 23.8 Å². The van der Waals surface area contributed by atoms with Gasteiger partial charge in [0.15, 0.2) is 11.5 Å². The van der Waals surface area contributed by atoms with E-state index in [1.54, 1.807) is 0 Å². The molecule has 5 heteroatoms. The van der Waals surface area contributed by atoms with Gasteiger partial charge >= 0.3 is 0 Å². The van der Waals surface area contributed by atoms with Crippen LogP contribution in [0.25, 0.3) is 0 Å². The molecule has 94 valence electrons. The number of nitriles is 1. The molecule has 1 atom stereocenters. The molecule has 2 heterocycles. The average molecular weight is 246 g/mol. The molecule has 0 spiro atoms. The first-order valence-electron chi connectivity index (χ1n) is 5.97. The molecule has 2 aliphatic rings. The van der Waals surface area contributed by atoms with Crippen LogP contribution in [0.5, 0.6) is 11.5 Å². The van der Waals surface area contributed by atoms with E-state index in [1.807, 2.05) is 18.2 Å². The lowest BCUT2D eigenvalue weighted by molar-refractivity contribution is 0.00888. The summed E-state index contributed by atoms with van der Waals surface area (Å²) in [5.74, 6) is 1.58. The topological polar surface area (TPSA) is 54.7 Å². The van der Waals surface area contributed by atoms with Crippen LogP contribution in [0.15, 0.2) is 18.2 Å². The zero-order valence-electron chi connectivity index (χ0n) is 9.96. The molecule has 0 amide bonds. The van der Waals surface area contributed by atoms with Gasteiger partial charge in [0.05, 0.1) is 19.3 Å². The van der Waals surface area contributed by atoms with Crippen molar-refractivity contribution in [2.45, 2.75) is 12.6 Å². The third kappa shape index (κ3) is 2.13. The number of morpholine rings is 1. The summed E-state index contributed by atoms with van der Waals surface area (Å²) in [6, 6.07) is 8.01. The van der Waals surface area contributed by atoms with E-state index in [2.05, 4.69) is 11.0 Å². The highest BCUT2D eigenvalue weighted by Crippen LogP contribution is 2.33. The summed E-state index contributed by atoms with van der Waals surface area (Å²) < 4.78 is 15.9. The molecular formula is C13H14N2O3. The maximum atomic E-state index is 9.08. The van der Waals surface area contributed by atoms with Crippen molar-refractivity contribution >= 4 is 0 Å². The van der Waals surface area contributed by atoms with Gasteiger partial charge in [-0.15, -0.1) is 0 Å². The Balaban J connectivity index is 1.74. The van der Waals surface area contributed by atoms with Crippen molar-refractivity contribution in [2.24, 2.45) is 0 Å². The summed E-state index contributed by atoms with van der Waals surface area (Å²) >= 11 is 0. The number of nitrogens with zero attached hydrogens (tertiary/aromatic N) is 2. The Morgan fingerprint density at radius 2 is 2.22 bits per heavy atom. The Labute approximate surface area is 105 Å². The van der Waals surface area contributed by atoms with E-state index in [-0.39, 0.29) is 12.8 Å². The standard InChI is InChI=1S/C13H14N2O3/c14-6-11-8-16-4-3-15(11)7-10-1-2-12-13(5-10)18-9-17-12/h1-2,5,11H,3-4,7-9H2. The Kier molecular flexibility index (Phi) is 3.05. The maximum absolute atomic E-state index is 9.08. The van der Waals surface area contributed by atoms with Gasteiger partial charge in [0.25, 0.3) is 0 Å². The molecule has 3 rings (SSSR count). The molecule has 1 fully saturated rings. The molecule has 0 saturated carbocycles. The second-order valence-corrected chi connectivity index (χ2v) is 4.38. The minimum atomic E-state index is -0.163. The third-order valence-corrected chi connectivity index (χ3v) is 3.21. The van der Waals surface area contributed by atoms with Gasteiger partial charge in [0.1, 0.15) is 6.04 Å². The van der Waals surface area contributed by atoms with E-state index < -0.39 is 0 Å². The Morgan fingerprint density at radius 1 is 1.33 bits per heavy atom. The van der Waals surface area contributed by atoms with Gasteiger partial charge in [-0.2, -0.15) is 5.26 Å². The first-order chi connectivity index (χ1) is 8.86. The highest BCUT2D eigenvalue weighted by molar-refractivity contribution is 5.44. The fourth-order valence-electron chi connectivity index (χ4n) is 2.22. The Morgan fingerprint density at radius 3 is 3.11 bits per heavy atom. The summed E-state index contributed by atoms with van der Waals surface area (Å²) in [6.07, 6.45) is 0. The molecule has 0 aromatic heterocycles. The lowest BCUT2D eigenvalue weighted by Crippen LogP contribution is -2.43. The average Bonchev–Trinajstić information content (AvgIpc) is 2.87. The largest absolute Gasteiger partial charge is 0.454 e. The quantitative estimate of drug-likeness (QED) is 0.783. The molecule has 0 aliphatic carbocycles. The van der Waals surface area contributed by atoms with Gasteiger partial charge in [-0.05, 0) is 17.7 Å². The fraction of sp³-hybridized carbons (Fsp3) is 0.462. The highest BCUT2D eigenvalue weighted by atomic mass is 16.7. The summed E-state index contributed by atoms with van der Waals surface area (Å²) in [6.45, 7) is 2.98. The molecule has 0 N–H and O–H groups in total. The van der Waals surface area contributed by atoms with E-state index in [0.29, 0.717) is 13.2 Å². The molecule has 1 aromatic rings. The number of benzene rings is 1. The van der Waals surface area contributed by atoms with E-state index in [1.165, 1.54) is 0 Å². The Bertz CT molecular complexity index is 484. The number of ether oxygens (including phenoxy) is 3. The molecule has 0 radical (unpaired) electrons. The molecule has 2 aliphatic heterocycles. The molecule has 1 aromatic carbocycles. The predicted octanol–water partition coefficient (Wildman–Crippen LogP) is 1.14. The van der Waals surface area contributed by atoms with Crippen LogP contribution in [-0.2, 0) is 11.3 Å². The van der Waals surface area contributed by atoms with Gasteiger partial charge in [-0.3, -0.25) is 4.90 Å². The summed E-state index contributed by atoms with van der Waals surface area (Å²) in [7, 11) is 0. The number of hydrogen-bond donors (Lipinski definition) is 0. The second kappa shape index (κ2) is 4.84. The lowest BCUT2D eigenvalue weighted by atomic mass is 10.1. The third-order valence-electron chi connectivity index (χ3n) is 3.21. The van der Waals surface area contributed by atoms with Crippen molar-refractivity contribution in [3.8, 4) is 17.6 Å². The van der Waals surface area contributed by atoms with Crippen molar-refractivity contribution < 1.29 is 14.2 Å². The lowest BCUT2D eigenvalue weighted by Gasteiger charge is -2.31. The van der Waals surface area contributed by atoms with Crippen molar-refractivity contribution in [1.82, 2.24) is 4.90 Å². The van der Waals surface area contributed by atoms with Crippen LogP contribution >= 0.6 is 0 Å². The smallest absolute Gasteiger partial charge is 0.231 e. The Hall–Kier alpha value is -1.77. The fourth-order valence-corrected chi connectivity index (χ4v) is 2.22.